The summed E-state index contributed by atoms with van der Waals surface area (Å²) in [6.45, 7) is 1.16. The third-order valence-corrected chi connectivity index (χ3v) is 4.25. The van der Waals surface area contributed by atoms with Crippen molar-refractivity contribution >= 4 is 22.3 Å². The zero-order valence-corrected chi connectivity index (χ0v) is 15.7. The van der Waals surface area contributed by atoms with Gasteiger partial charge in [0.1, 0.15) is 12.1 Å². The van der Waals surface area contributed by atoms with Gasteiger partial charge in [-0.05, 0) is 12.8 Å². The normalized spacial score (nSPS) is 27.3. The number of amides is 3. The van der Waals surface area contributed by atoms with Crippen LogP contribution in [-0.2, 0) is 24.3 Å². The van der Waals surface area contributed by atoms with Crippen LogP contribution in [0.1, 0.15) is 12.8 Å². The number of nitrogens with zero attached hydrogens (tertiary/aromatic N) is 2. The third-order valence-electron chi connectivity index (χ3n) is 3.91. The number of urea groups is 1. The number of hydrogen-bond donors (Lipinski definition) is 3. The molecule has 0 aromatic rings. The van der Waals surface area contributed by atoms with Crippen LogP contribution in [0.2, 0.25) is 0 Å². The first-order valence-electron chi connectivity index (χ1n) is 7.01. The first-order chi connectivity index (χ1) is 10.8. The van der Waals surface area contributed by atoms with Crippen molar-refractivity contribution < 1.29 is 61.2 Å². The van der Waals surface area contributed by atoms with Gasteiger partial charge >= 0.3 is 35.6 Å². The van der Waals surface area contributed by atoms with Gasteiger partial charge in [-0.25, -0.2) is 18.7 Å². The summed E-state index contributed by atoms with van der Waals surface area (Å²) in [7, 11) is -5.05. The largest absolute Gasteiger partial charge is 1.00 e. The first kappa shape index (κ1) is 19.8. The summed E-state index contributed by atoms with van der Waals surface area (Å²) in [4.78, 5) is 30.7. The summed E-state index contributed by atoms with van der Waals surface area (Å²) in [6, 6.07) is -2.19. The van der Waals surface area contributed by atoms with Gasteiger partial charge in [0.25, 0.3) is 5.91 Å². The number of piperidine rings is 1. The van der Waals surface area contributed by atoms with E-state index in [4.69, 9.17) is 4.84 Å². The number of hydrogen-bond acceptors (Lipinski definition) is 9. The van der Waals surface area contributed by atoms with E-state index in [2.05, 4.69) is 20.6 Å². The van der Waals surface area contributed by atoms with Crippen LogP contribution in [0.5, 0.6) is 0 Å². The van der Waals surface area contributed by atoms with Gasteiger partial charge in [0, 0.05) is 19.6 Å². The van der Waals surface area contributed by atoms with Gasteiger partial charge < -0.3 is 9.45 Å². The number of nitrogens with one attached hydrogen (secondary N) is 3. The summed E-state index contributed by atoms with van der Waals surface area (Å²) in [6.07, 6.45) is 0.420. The van der Waals surface area contributed by atoms with Crippen molar-refractivity contribution in [2.24, 2.45) is 0 Å². The minimum Gasteiger partial charge on any atom is -0.724 e. The Morgan fingerprint density at radius 3 is 2.58 bits per heavy atom. The van der Waals surface area contributed by atoms with E-state index >= 15 is 0 Å². The molecule has 0 unspecified atom stereocenters. The van der Waals surface area contributed by atoms with Crippen molar-refractivity contribution in [2.45, 2.75) is 31.0 Å². The molecule has 3 aliphatic heterocycles. The molecule has 3 heterocycles. The van der Waals surface area contributed by atoms with E-state index in [1.165, 1.54) is 4.90 Å². The summed E-state index contributed by atoms with van der Waals surface area (Å²) in [5, 5.41) is 0.529. The van der Waals surface area contributed by atoms with Crippen molar-refractivity contribution in [1.29, 1.82) is 0 Å². The average molecular weight is 373 g/mol. The van der Waals surface area contributed by atoms with Crippen molar-refractivity contribution in [3.63, 3.8) is 0 Å². The Kier molecular flexibility index (Phi) is 6.44. The number of fused-ring (bicyclic) bond motifs is 2. The maximum absolute atomic E-state index is 12.2. The second kappa shape index (κ2) is 7.80. The number of hydroxylamine groups is 3. The van der Waals surface area contributed by atoms with E-state index in [-0.39, 0.29) is 42.2 Å². The monoisotopic (exact) mass is 373 g/mol. The minimum absolute atomic E-state index is 0. The predicted molar refractivity (Wildman–Crippen MR) is 70.6 cm³/mol. The van der Waals surface area contributed by atoms with Crippen molar-refractivity contribution in [2.75, 3.05) is 19.6 Å². The van der Waals surface area contributed by atoms with Gasteiger partial charge in [0.05, 0.1) is 6.04 Å². The zero-order valence-electron chi connectivity index (χ0n) is 12.9. The molecule has 0 aromatic carbocycles. The van der Waals surface area contributed by atoms with E-state index < -0.39 is 34.4 Å². The van der Waals surface area contributed by atoms with E-state index in [1.807, 2.05) is 0 Å². The first-order valence-corrected chi connectivity index (χ1v) is 8.35. The van der Waals surface area contributed by atoms with Crippen LogP contribution in [0.25, 0.3) is 0 Å². The molecule has 0 spiro atoms. The maximum atomic E-state index is 12.2. The molecule has 3 rings (SSSR count). The standard InChI is InChI=1S/C10H17N5O7S.Na/c16-9(13-21-7-3-11-12-4-7)8-2-1-6-5-14(8)10(17)15(6)22-23(18,19)20;/h6-8,11-12H,1-5H2,(H,13,16)(H,18,19,20);/q;+1/p-1/t6-,8+;/m1./s1. The van der Waals surface area contributed by atoms with E-state index in [0.717, 1.165) is 0 Å². The van der Waals surface area contributed by atoms with Gasteiger partial charge in [-0.15, -0.1) is 0 Å². The molecule has 0 aromatic heterocycles. The number of hydrazine groups is 1. The fourth-order valence-electron chi connectivity index (χ4n) is 2.84. The number of rotatable bonds is 5. The van der Waals surface area contributed by atoms with Crippen LogP contribution in [0.3, 0.4) is 0 Å². The van der Waals surface area contributed by atoms with Crippen molar-refractivity contribution in [1.82, 2.24) is 26.3 Å². The molecule has 0 radical (unpaired) electrons. The predicted octanol–water partition coefficient (Wildman–Crippen LogP) is -5.82. The van der Waals surface area contributed by atoms with Crippen molar-refractivity contribution in [3.05, 3.63) is 0 Å². The molecule has 0 aliphatic carbocycles. The molecule has 3 saturated heterocycles. The smallest absolute Gasteiger partial charge is 0.724 e. The Morgan fingerprint density at radius 1 is 1.29 bits per heavy atom. The molecule has 2 atom stereocenters. The molecular weight excluding hydrogens is 357 g/mol. The number of carbonyl (C=O) groups excluding carboxylic acids is 2. The van der Waals surface area contributed by atoms with Crippen LogP contribution in [0.15, 0.2) is 0 Å². The average Bonchev–Trinajstić information content (AvgIpc) is 3.08. The summed E-state index contributed by atoms with van der Waals surface area (Å²) >= 11 is 0. The van der Waals surface area contributed by atoms with Crippen LogP contribution in [-0.4, -0.2) is 72.7 Å². The van der Waals surface area contributed by atoms with Crippen molar-refractivity contribution in [3.8, 4) is 0 Å². The van der Waals surface area contributed by atoms with Gasteiger partial charge in [0.15, 0.2) is 0 Å². The Bertz CT molecular complexity index is 598. The summed E-state index contributed by atoms with van der Waals surface area (Å²) in [5.41, 5.74) is 7.98. The molecule has 0 saturated carbocycles. The molecule has 2 bridgehead atoms. The van der Waals surface area contributed by atoms with Crippen LogP contribution < -0.4 is 45.9 Å². The fraction of sp³-hybridized carbons (Fsp3) is 0.800. The Hall–Kier alpha value is -0.510. The fourth-order valence-corrected chi connectivity index (χ4v) is 3.22. The van der Waals surface area contributed by atoms with Gasteiger partial charge in [-0.1, -0.05) is 0 Å². The summed E-state index contributed by atoms with van der Waals surface area (Å²) < 4.78 is 36.2. The van der Waals surface area contributed by atoms with E-state index in [0.29, 0.717) is 31.0 Å². The SMILES string of the molecule is O=C(NOC1CNNC1)[C@@H]1CC[C@@H]2CN1C(=O)N2OS(=O)(=O)[O-].[Na+]. The van der Waals surface area contributed by atoms with Crippen LogP contribution in [0.4, 0.5) is 4.79 Å². The number of carbonyl (C=O) groups is 2. The van der Waals surface area contributed by atoms with Crippen LogP contribution in [0, 0.1) is 0 Å². The molecular formula is C10H16N5NaO7S. The molecule has 24 heavy (non-hydrogen) atoms. The van der Waals surface area contributed by atoms with Gasteiger partial charge in [-0.2, -0.15) is 9.35 Å². The molecule has 3 fully saturated rings. The quantitative estimate of drug-likeness (QED) is 0.185. The Balaban J connectivity index is 0.00000208. The second-order valence-electron chi connectivity index (χ2n) is 5.46. The van der Waals surface area contributed by atoms with Gasteiger partial charge in [0.2, 0.25) is 10.4 Å². The molecule has 14 heteroatoms. The van der Waals surface area contributed by atoms with E-state index in [1.54, 1.807) is 0 Å². The third kappa shape index (κ3) is 4.36. The maximum Gasteiger partial charge on any atom is 1.00 e. The van der Waals surface area contributed by atoms with Crippen LogP contribution >= 0.6 is 0 Å². The molecule has 3 aliphatic rings. The molecule has 3 amide bonds. The topological polar surface area (TPSA) is 152 Å². The Labute approximate surface area is 160 Å². The van der Waals surface area contributed by atoms with E-state index in [9.17, 15) is 22.6 Å². The molecule has 130 valence electrons. The summed E-state index contributed by atoms with van der Waals surface area (Å²) in [5.74, 6) is -0.504. The minimum atomic E-state index is -5.05. The molecule has 12 nitrogen and oxygen atoms in total. The second-order valence-corrected chi connectivity index (χ2v) is 6.42. The zero-order chi connectivity index (χ0) is 16.6. The Morgan fingerprint density at radius 2 is 1.96 bits per heavy atom. The van der Waals surface area contributed by atoms with Gasteiger partial charge in [-0.3, -0.25) is 20.5 Å². The molecule has 3 N–H and O–H groups in total.